The summed E-state index contributed by atoms with van der Waals surface area (Å²) in [5, 5.41) is 11.1. The van der Waals surface area contributed by atoms with Gasteiger partial charge in [0.25, 0.3) is 0 Å². The highest BCUT2D eigenvalue weighted by molar-refractivity contribution is 6.30. The van der Waals surface area contributed by atoms with Crippen LogP contribution in [0.2, 0.25) is 5.02 Å². The number of ether oxygens (including phenoxy) is 1. The van der Waals surface area contributed by atoms with E-state index < -0.39 is 41.9 Å². The number of nitrogens with one attached hydrogen (secondary N) is 1. The number of amides is 1. The van der Waals surface area contributed by atoms with Crippen molar-refractivity contribution in [2.24, 2.45) is 0 Å². The molecule has 1 amide bonds. The zero-order valence-corrected chi connectivity index (χ0v) is 14.0. The summed E-state index contributed by atoms with van der Waals surface area (Å²) in [5.74, 6) is -1.48. The van der Waals surface area contributed by atoms with Gasteiger partial charge in [0, 0.05) is 11.4 Å². The van der Waals surface area contributed by atoms with Gasteiger partial charge in [-0.25, -0.2) is 9.59 Å². The third kappa shape index (κ3) is 6.27. The molecule has 0 fully saturated rings. The Morgan fingerprint density at radius 1 is 1.29 bits per heavy atom. The molecule has 134 valence electrons. The minimum absolute atomic E-state index is 0.127. The van der Waals surface area contributed by atoms with E-state index in [0.29, 0.717) is 6.07 Å². The molecule has 0 bridgehead atoms. The Hall–Kier alpha value is -1.96. The van der Waals surface area contributed by atoms with Crippen molar-refractivity contribution in [1.82, 2.24) is 5.32 Å². The zero-order valence-electron chi connectivity index (χ0n) is 13.2. The van der Waals surface area contributed by atoms with Crippen LogP contribution in [0.25, 0.3) is 0 Å². The standard InChI is InChI=1S/C15H17ClF3NO4/c1-14(2,3)24-13(23)20-11(12(21)22)6-8-4-5-9(16)7-10(8)15(17,18)19/h4-5,7,11H,6H2,1-3H3,(H,20,23)(H,21,22). The van der Waals surface area contributed by atoms with Gasteiger partial charge in [-0.05, 0) is 38.5 Å². The molecule has 0 aliphatic heterocycles. The van der Waals surface area contributed by atoms with Crippen LogP contribution in [0.4, 0.5) is 18.0 Å². The van der Waals surface area contributed by atoms with Crippen LogP contribution in [0.5, 0.6) is 0 Å². The molecular weight excluding hydrogens is 351 g/mol. The Morgan fingerprint density at radius 2 is 1.88 bits per heavy atom. The lowest BCUT2D eigenvalue weighted by molar-refractivity contribution is -0.141. The highest BCUT2D eigenvalue weighted by atomic mass is 35.5. The summed E-state index contributed by atoms with van der Waals surface area (Å²) in [6.07, 6.45) is -6.30. The van der Waals surface area contributed by atoms with Gasteiger partial charge in [-0.2, -0.15) is 13.2 Å². The lowest BCUT2D eigenvalue weighted by Crippen LogP contribution is -2.44. The van der Waals surface area contributed by atoms with Crippen LogP contribution in [0, 0.1) is 0 Å². The van der Waals surface area contributed by atoms with Gasteiger partial charge in [0.15, 0.2) is 0 Å². The molecule has 1 unspecified atom stereocenters. The second-order valence-electron chi connectivity index (χ2n) is 6.04. The highest BCUT2D eigenvalue weighted by Gasteiger charge is 2.35. The predicted molar refractivity (Wildman–Crippen MR) is 81.0 cm³/mol. The number of benzene rings is 1. The molecule has 24 heavy (non-hydrogen) atoms. The second-order valence-corrected chi connectivity index (χ2v) is 6.48. The van der Waals surface area contributed by atoms with E-state index in [-0.39, 0.29) is 10.6 Å². The number of hydrogen-bond donors (Lipinski definition) is 2. The molecule has 0 spiro atoms. The third-order valence-electron chi connectivity index (χ3n) is 2.79. The van der Waals surface area contributed by atoms with Crippen LogP contribution in [-0.4, -0.2) is 28.8 Å². The van der Waals surface area contributed by atoms with Crippen molar-refractivity contribution in [3.05, 3.63) is 34.3 Å². The fourth-order valence-electron chi connectivity index (χ4n) is 1.86. The van der Waals surface area contributed by atoms with Gasteiger partial charge < -0.3 is 15.2 Å². The normalized spacial score (nSPS) is 13.3. The van der Waals surface area contributed by atoms with Gasteiger partial charge in [0.05, 0.1) is 5.56 Å². The van der Waals surface area contributed by atoms with E-state index in [1.807, 2.05) is 0 Å². The van der Waals surface area contributed by atoms with E-state index >= 15 is 0 Å². The molecule has 9 heteroatoms. The average molecular weight is 368 g/mol. The Morgan fingerprint density at radius 3 is 2.33 bits per heavy atom. The van der Waals surface area contributed by atoms with Crippen LogP contribution in [0.15, 0.2) is 18.2 Å². The van der Waals surface area contributed by atoms with Gasteiger partial charge in [0.1, 0.15) is 11.6 Å². The highest BCUT2D eigenvalue weighted by Crippen LogP contribution is 2.34. The average Bonchev–Trinajstić information content (AvgIpc) is 2.36. The minimum atomic E-state index is -4.70. The molecule has 0 saturated heterocycles. The summed E-state index contributed by atoms with van der Waals surface area (Å²) in [5.41, 5.74) is -2.22. The van der Waals surface area contributed by atoms with Gasteiger partial charge in [-0.1, -0.05) is 17.7 Å². The van der Waals surface area contributed by atoms with Crippen LogP contribution in [0.3, 0.4) is 0 Å². The Kier molecular flexibility index (Phi) is 6.10. The minimum Gasteiger partial charge on any atom is -0.480 e. The largest absolute Gasteiger partial charge is 0.480 e. The molecule has 1 aromatic carbocycles. The van der Waals surface area contributed by atoms with Crippen molar-refractivity contribution in [3.63, 3.8) is 0 Å². The SMILES string of the molecule is CC(C)(C)OC(=O)NC(Cc1ccc(Cl)cc1C(F)(F)F)C(=O)O. The van der Waals surface area contributed by atoms with E-state index in [1.54, 1.807) is 20.8 Å². The van der Waals surface area contributed by atoms with Crippen molar-refractivity contribution in [1.29, 1.82) is 0 Å². The summed E-state index contributed by atoms with van der Waals surface area (Å²) < 4.78 is 44.1. The molecule has 0 saturated carbocycles. The first-order valence-electron chi connectivity index (χ1n) is 6.87. The summed E-state index contributed by atoms with van der Waals surface area (Å²) in [6, 6.07) is 1.43. The smallest absolute Gasteiger partial charge is 0.416 e. The van der Waals surface area contributed by atoms with Crippen molar-refractivity contribution < 1.29 is 32.6 Å². The first-order chi connectivity index (χ1) is 10.8. The molecule has 1 atom stereocenters. The number of carbonyl (C=O) groups excluding carboxylic acids is 1. The second kappa shape index (κ2) is 7.29. The van der Waals surface area contributed by atoms with E-state index in [4.69, 9.17) is 21.4 Å². The number of halogens is 4. The van der Waals surface area contributed by atoms with Crippen LogP contribution in [0.1, 0.15) is 31.9 Å². The Labute approximate surface area is 141 Å². The molecule has 0 radical (unpaired) electrons. The molecule has 5 nitrogen and oxygen atoms in total. The van der Waals surface area contributed by atoms with Crippen molar-refractivity contribution in [2.75, 3.05) is 0 Å². The molecule has 1 rings (SSSR count). The summed E-state index contributed by atoms with van der Waals surface area (Å²) in [6.45, 7) is 4.72. The van der Waals surface area contributed by atoms with Crippen LogP contribution in [-0.2, 0) is 22.1 Å². The summed E-state index contributed by atoms with van der Waals surface area (Å²) in [7, 11) is 0. The van der Waals surface area contributed by atoms with Crippen molar-refractivity contribution in [2.45, 2.75) is 45.0 Å². The number of carboxylic acids is 1. The number of carboxylic acid groups (broad SMARTS) is 1. The number of alkyl halides is 3. The van der Waals surface area contributed by atoms with Gasteiger partial charge in [0.2, 0.25) is 0 Å². The van der Waals surface area contributed by atoms with Gasteiger partial charge in [-0.3, -0.25) is 0 Å². The maximum Gasteiger partial charge on any atom is 0.416 e. The first kappa shape index (κ1) is 20.1. The third-order valence-corrected chi connectivity index (χ3v) is 3.03. The summed E-state index contributed by atoms with van der Waals surface area (Å²) >= 11 is 5.57. The fourth-order valence-corrected chi connectivity index (χ4v) is 2.03. The quantitative estimate of drug-likeness (QED) is 0.846. The van der Waals surface area contributed by atoms with Crippen LogP contribution < -0.4 is 5.32 Å². The fraction of sp³-hybridized carbons (Fsp3) is 0.467. The Bertz CT molecular complexity index is 626. The molecule has 0 aromatic heterocycles. The molecular formula is C15H17ClF3NO4. The number of carbonyl (C=O) groups is 2. The monoisotopic (exact) mass is 367 g/mol. The maximum absolute atomic E-state index is 13.0. The number of rotatable bonds is 4. The van der Waals surface area contributed by atoms with Crippen LogP contribution >= 0.6 is 11.6 Å². The van der Waals surface area contributed by atoms with E-state index in [2.05, 4.69) is 5.32 Å². The Balaban J connectivity index is 3.02. The predicted octanol–water partition coefficient (Wildman–Crippen LogP) is 3.88. The van der Waals surface area contributed by atoms with Crippen molar-refractivity contribution in [3.8, 4) is 0 Å². The number of aliphatic carboxylic acids is 1. The van der Waals surface area contributed by atoms with E-state index in [9.17, 15) is 22.8 Å². The first-order valence-corrected chi connectivity index (χ1v) is 7.25. The lowest BCUT2D eigenvalue weighted by Gasteiger charge is -2.22. The molecule has 0 aliphatic rings. The number of alkyl carbamates (subject to hydrolysis) is 1. The molecule has 0 aliphatic carbocycles. The topological polar surface area (TPSA) is 75.6 Å². The summed E-state index contributed by atoms with van der Waals surface area (Å²) in [4.78, 5) is 22.9. The van der Waals surface area contributed by atoms with Gasteiger partial charge in [-0.15, -0.1) is 0 Å². The molecule has 1 aromatic rings. The molecule has 0 heterocycles. The van der Waals surface area contributed by atoms with E-state index in [1.165, 1.54) is 6.07 Å². The zero-order chi connectivity index (χ0) is 18.7. The van der Waals surface area contributed by atoms with Gasteiger partial charge >= 0.3 is 18.2 Å². The van der Waals surface area contributed by atoms with E-state index in [0.717, 1.165) is 6.07 Å². The van der Waals surface area contributed by atoms with Crippen molar-refractivity contribution >= 4 is 23.7 Å². The number of hydrogen-bond acceptors (Lipinski definition) is 3. The lowest BCUT2D eigenvalue weighted by atomic mass is 10.00. The maximum atomic E-state index is 13.0. The molecule has 2 N–H and O–H groups in total.